The van der Waals surface area contributed by atoms with Crippen LogP contribution >= 0.6 is 11.3 Å². The zero-order valence-corrected chi connectivity index (χ0v) is 9.21. The van der Waals surface area contributed by atoms with Crippen LogP contribution in [0, 0.1) is 0 Å². The molecule has 3 nitrogen and oxygen atoms in total. The highest BCUT2D eigenvalue weighted by molar-refractivity contribution is 7.07. The van der Waals surface area contributed by atoms with Crippen molar-refractivity contribution in [1.82, 2.24) is 4.90 Å². The summed E-state index contributed by atoms with van der Waals surface area (Å²) in [7, 11) is 0. The molecule has 0 bridgehead atoms. The predicted molar refractivity (Wildman–Crippen MR) is 58.5 cm³/mol. The first-order valence-corrected chi connectivity index (χ1v) is 5.68. The first-order chi connectivity index (χ1) is 7.18. The first-order valence-electron chi connectivity index (χ1n) is 4.73. The number of imide groups is 1. The van der Waals surface area contributed by atoms with Gasteiger partial charge in [0.25, 0.3) is 11.8 Å². The van der Waals surface area contributed by atoms with Crippen LogP contribution in [0.4, 0.5) is 0 Å². The molecule has 0 radical (unpaired) electrons. The molecule has 0 aliphatic carbocycles. The number of carbonyl (C=O) groups is 2. The molecule has 0 fully saturated rings. The molecule has 1 aliphatic rings. The molecule has 2 amide bonds. The van der Waals surface area contributed by atoms with E-state index in [0.29, 0.717) is 12.1 Å². The highest BCUT2D eigenvalue weighted by atomic mass is 32.1. The third-order valence-electron chi connectivity index (χ3n) is 2.39. The maximum absolute atomic E-state index is 11.5. The molecule has 0 saturated carbocycles. The monoisotopic (exact) mass is 221 g/mol. The van der Waals surface area contributed by atoms with E-state index in [-0.39, 0.29) is 11.8 Å². The normalized spacial score (nSPS) is 16.1. The lowest BCUT2D eigenvalue weighted by atomic mass is 10.2. The largest absolute Gasteiger partial charge is 0.275 e. The second-order valence-electron chi connectivity index (χ2n) is 3.50. The van der Waals surface area contributed by atoms with Crippen molar-refractivity contribution in [2.24, 2.45) is 0 Å². The van der Waals surface area contributed by atoms with E-state index < -0.39 is 0 Å². The van der Waals surface area contributed by atoms with Crippen molar-refractivity contribution in [3.8, 4) is 0 Å². The molecule has 1 aliphatic heterocycles. The van der Waals surface area contributed by atoms with Crippen LogP contribution in [0.5, 0.6) is 0 Å². The Kier molecular flexibility index (Phi) is 2.68. The molecule has 0 atom stereocenters. The van der Waals surface area contributed by atoms with E-state index in [9.17, 15) is 9.59 Å². The van der Waals surface area contributed by atoms with Crippen molar-refractivity contribution >= 4 is 23.2 Å². The Labute approximate surface area is 92.0 Å². The topological polar surface area (TPSA) is 37.4 Å². The molecule has 15 heavy (non-hydrogen) atoms. The van der Waals surface area contributed by atoms with Gasteiger partial charge in [-0.3, -0.25) is 14.5 Å². The van der Waals surface area contributed by atoms with E-state index in [2.05, 4.69) is 0 Å². The lowest BCUT2D eigenvalue weighted by Crippen LogP contribution is -2.32. The van der Waals surface area contributed by atoms with Crippen molar-refractivity contribution in [3.05, 3.63) is 34.0 Å². The number of hydrogen-bond acceptors (Lipinski definition) is 3. The number of nitrogens with zero attached hydrogens (tertiary/aromatic N) is 1. The number of hydrogen-bond donors (Lipinski definition) is 0. The molecule has 2 heterocycles. The molecule has 1 aromatic rings. The van der Waals surface area contributed by atoms with E-state index in [0.717, 1.165) is 6.42 Å². The lowest BCUT2D eigenvalue weighted by Gasteiger charge is -2.13. The molecule has 0 N–H and O–H groups in total. The standard InChI is InChI=1S/C11H11NO2S/c1-8-6-10(13)12(11(8)14)4-2-9-3-5-15-7-9/h3,5-7H,2,4H2,1H3. The molecule has 4 heteroatoms. The summed E-state index contributed by atoms with van der Waals surface area (Å²) >= 11 is 1.62. The average molecular weight is 221 g/mol. The Hall–Kier alpha value is -1.42. The second-order valence-corrected chi connectivity index (χ2v) is 4.28. The number of carbonyl (C=O) groups excluding carboxylic acids is 2. The van der Waals surface area contributed by atoms with Gasteiger partial charge in [-0.25, -0.2) is 0 Å². The van der Waals surface area contributed by atoms with Crippen molar-refractivity contribution in [3.63, 3.8) is 0 Å². The summed E-state index contributed by atoms with van der Waals surface area (Å²) in [6.45, 7) is 2.15. The fourth-order valence-electron chi connectivity index (χ4n) is 1.53. The SMILES string of the molecule is CC1=CC(=O)N(CCc2ccsc2)C1=O. The van der Waals surface area contributed by atoms with Gasteiger partial charge in [0.2, 0.25) is 0 Å². The minimum absolute atomic E-state index is 0.157. The van der Waals surface area contributed by atoms with Crippen molar-refractivity contribution in [2.75, 3.05) is 6.54 Å². The van der Waals surface area contributed by atoms with Gasteiger partial charge < -0.3 is 0 Å². The van der Waals surface area contributed by atoms with Gasteiger partial charge in [0.05, 0.1) is 0 Å². The fourth-order valence-corrected chi connectivity index (χ4v) is 2.23. The van der Waals surface area contributed by atoms with Crippen LogP contribution in [-0.2, 0) is 16.0 Å². The Morgan fingerprint density at radius 2 is 2.20 bits per heavy atom. The van der Waals surface area contributed by atoms with E-state index >= 15 is 0 Å². The van der Waals surface area contributed by atoms with Gasteiger partial charge in [-0.1, -0.05) is 0 Å². The molecule has 2 rings (SSSR count). The summed E-state index contributed by atoms with van der Waals surface area (Å²) in [6.07, 6.45) is 2.14. The summed E-state index contributed by atoms with van der Waals surface area (Å²) in [5, 5.41) is 4.03. The van der Waals surface area contributed by atoms with Gasteiger partial charge in [0.15, 0.2) is 0 Å². The quantitative estimate of drug-likeness (QED) is 0.727. The Bertz CT molecular complexity index is 420. The number of rotatable bonds is 3. The van der Waals surface area contributed by atoms with Crippen molar-refractivity contribution < 1.29 is 9.59 Å². The summed E-state index contributed by atoms with van der Waals surface area (Å²) in [5.41, 5.74) is 1.70. The van der Waals surface area contributed by atoms with Crippen LogP contribution < -0.4 is 0 Å². The zero-order chi connectivity index (χ0) is 10.8. The van der Waals surface area contributed by atoms with Crippen molar-refractivity contribution in [2.45, 2.75) is 13.3 Å². The van der Waals surface area contributed by atoms with Crippen molar-refractivity contribution in [1.29, 1.82) is 0 Å². The summed E-state index contributed by atoms with van der Waals surface area (Å²) in [4.78, 5) is 24.2. The minimum atomic E-state index is -0.187. The molecular formula is C11H11NO2S. The highest BCUT2D eigenvalue weighted by Crippen LogP contribution is 2.13. The van der Waals surface area contributed by atoms with Crippen LogP contribution in [0.1, 0.15) is 12.5 Å². The predicted octanol–water partition coefficient (Wildman–Crippen LogP) is 1.61. The summed E-state index contributed by atoms with van der Waals surface area (Å²) in [5.74, 6) is -0.344. The summed E-state index contributed by atoms with van der Waals surface area (Å²) in [6, 6.07) is 2.01. The Balaban J connectivity index is 1.97. The molecule has 0 spiro atoms. The summed E-state index contributed by atoms with van der Waals surface area (Å²) < 4.78 is 0. The smallest absolute Gasteiger partial charge is 0.256 e. The third-order valence-corrected chi connectivity index (χ3v) is 3.12. The first kappa shape index (κ1) is 10.1. The van der Waals surface area contributed by atoms with Gasteiger partial charge in [-0.2, -0.15) is 11.3 Å². The minimum Gasteiger partial charge on any atom is -0.275 e. The van der Waals surface area contributed by atoms with E-state index in [1.165, 1.54) is 16.5 Å². The van der Waals surface area contributed by atoms with Gasteiger partial charge in [0, 0.05) is 18.2 Å². The Morgan fingerprint density at radius 3 is 2.73 bits per heavy atom. The number of thiophene rings is 1. The molecule has 0 aromatic carbocycles. The zero-order valence-electron chi connectivity index (χ0n) is 8.40. The van der Waals surface area contributed by atoms with Crippen LogP contribution in [0.3, 0.4) is 0 Å². The van der Waals surface area contributed by atoms with E-state index in [1.54, 1.807) is 18.3 Å². The third kappa shape index (κ3) is 1.99. The van der Waals surface area contributed by atoms with Gasteiger partial charge >= 0.3 is 0 Å². The number of amides is 2. The molecule has 0 unspecified atom stereocenters. The Morgan fingerprint density at radius 1 is 1.40 bits per heavy atom. The van der Waals surface area contributed by atoms with Crippen LogP contribution in [0.2, 0.25) is 0 Å². The van der Waals surface area contributed by atoms with Gasteiger partial charge in [0.1, 0.15) is 0 Å². The maximum Gasteiger partial charge on any atom is 0.256 e. The molecule has 0 saturated heterocycles. The molecule has 78 valence electrons. The average Bonchev–Trinajstić information content (AvgIpc) is 2.76. The molecule has 1 aromatic heterocycles. The van der Waals surface area contributed by atoms with E-state index in [4.69, 9.17) is 0 Å². The van der Waals surface area contributed by atoms with Gasteiger partial charge in [-0.05, 0) is 35.7 Å². The maximum atomic E-state index is 11.5. The van der Waals surface area contributed by atoms with Crippen LogP contribution in [0.15, 0.2) is 28.5 Å². The van der Waals surface area contributed by atoms with Gasteiger partial charge in [-0.15, -0.1) is 0 Å². The molecular weight excluding hydrogens is 210 g/mol. The highest BCUT2D eigenvalue weighted by Gasteiger charge is 2.27. The van der Waals surface area contributed by atoms with Crippen LogP contribution in [0.25, 0.3) is 0 Å². The fraction of sp³-hybridized carbons (Fsp3) is 0.273. The van der Waals surface area contributed by atoms with Crippen LogP contribution in [-0.4, -0.2) is 23.3 Å². The lowest BCUT2D eigenvalue weighted by molar-refractivity contribution is -0.137. The second kappa shape index (κ2) is 3.98. The van der Waals surface area contributed by atoms with E-state index in [1.807, 2.05) is 16.8 Å².